The van der Waals surface area contributed by atoms with Crippen LogP contribution < -0.4 is 15.4 Å². The van der Waals surface area contributed by atoms with Crippen LogP contribution in [0.15, 0.2) is 18.2 Å². The van der Waals surface area contributed by atoms with Gasteiger partial charge < -0.3 is 15.4 Å². The molecular formula is C13H22N2O. The van der Waals surface area contributed by atoms with E-state index in [4.69, 9.17) is 4.74 Å². The lowest BCUT2D eigenvalue weighted by Crippen LogP contribution is -2.24. The zero-order valence-corrected chi connectivity index (χ0v) is 10.5. The Labute approximate surface area is 98.2 Å². The van der Waals surface area contributed by atoms with Gasteiger partial charge in [0, 0.05) is 19.6 Å². The molecular weight excluding hydrogens is 200 g/mol. The van der Waals surface area contributed by atoms with Crippen molar-refractivity contribution in [1.82, 2.24) is 10.6 Å². The number of nitrogens with one attached hydrogen (secondary N) is 2. The smallest absolute Gasteiger partial charge is 0.122 e. The Hall–Kier alpha value is -1.06. The summed E-state index contributed by atoms with van der Waals surface area (Å²) in [5.74, 6) is 0.987. The summed E-state index contributed by atoms with van der Waals surface area (Å²) < 4.78 is 5.30. The van der Waals surface area contributed by atoms with Crippen molar-refractivity contribution in [3.63, 3.8) is 0 Å². The van der Waals surface area contributed by atoms with E-state index in [0.717, 1.165) is 31.8 Å². The van der Waals surface area contributed by atoms with Crippen molar-refractivity contribution < 1.29 is 4.74 Å². The Kier molecular flexibility index (Phi) is 5.90. The lowest BCUT2D eigenvalue weighted by atomic mass is 10.1. The number of likely N-dealkylation sites (N-methyl/N-ethyl adjacent to an activating group) is 1. The minimum absolute atomic E-state index is 0.915. The molecule has 0 bridgehead atoms. The van der Waals surface area contributed by atoms with Crippen molar-refractivity contribution in [2.24, 2.45) is 0 Å². The Balaban J connectivity index is 2.54. The maximum absolute atomic E-state index is 5.30. The zero-order valence-electron chi connectivity index (χ0n) is 10.5. The van der Waals surface area contributed by atoms with Crippen LogP contribution in [0.3, 0.4) is 0 Å². The van der Waals surface area contributed by atoms with Crippen LogP contribution in [0.2, 0.25) is 0 Å². The van der Waals surface area contributed by atoms with Gasteiger partial charge in [0.15, 0.2) is 0 Å². The van der Waals surface area contributed by atoms with Crippen molar-refractivity contribution in [2.45, 2.75) is 19.9 Å². The fourth-order valence-corrected chi connectivity index (χ4v) is 1.66. The number of hydrogen-bond acceptors (Lipinski definition) is 3. The summed E-state index contributed by atoms with van der Waals surface area (Å²) in [6, 6.07) is 6.38. The minimum atomic E-state index is 0.915. The molecule has 3 nitrogen and oxygen atoms in total. The first-order valence-corrected chi connectivity index (χ1v) is 5.83. The fraction of sp³-hybridized carbons (Fsp3) is 0.538. The molecule has 0 aliphatic rings. The monoisotopic (exact) mass is 222 g/mol. The first kappa shape index (κ1) is 13.0. The molecule has 0 aliphatic heterocycles. The van der Waals surface area contributed by atoms with E-state index in [0.29, 0.717) is 0 Å². The van der Waals surface area contributed by atoms with Crippen LogP contribution in [-0.2, 0) is 13.0 Å². The van der Waals surface area contributed by atoms with Crippen LogP contribution in [0.4, 0.5) is 0 Å². The van der Waals surface area contributed by atoms with Crippen LogP contribution in [-0.4, -0.2) is 27.2 Å². The van der Waals surface area contributed by atoms with Crippen LogP contribution in [0, 0.1) is 0 Å². The molecule has 0 aliphatic carbocycles. The molecule has 0 aromatic heterocycles. The topological polar surface area (TPSA) is 33.3 Å². The van der Waals surface area contributed by atoms with E-state index in [9.17, 15) is 0 Å². The Morgan fingerprint density at radius 3 is 2.69 bits per heavy atom. The normalized spacial score (nSPS) is 10.4. The summed E-state index contributed by atoms with van der Waals surface area (Å²) in [4.78, 5) is 0. The van der Waals surface area contributed by atoms with E-state index in [1.807, 2.05) is 13.1 Å². The fourth-order valence-electron chi connectivity index (χ4n) is 1.66. The van der Waals surface area contributed by atoms with Gasteiger partial charge in [-0.05, 0) is 30.7 Å². The van der Waals surface area contributed by atoms with Gasteiger partial charge in [0.2, 0.25) is 0 Å². The molecule has 0 spiro atoms. The van der Waals surface area contributed by atoms with Crippen LogP contribution >= 0.6 is 0 Å². The van der Waals surface area contributed by atoms with Crippen molar-refractivity contribution in [1.29, 1.82) is 0 Å². The average molecular weight is 222 g/mol. The Bertz CT molecular complexity index is 313. The molecule has 0 fully saturated rings. The van der Waals surface area contributed by atoms with Crippen molar-refractivity contribution >= 4 is 0 Å². The molecule has 0 amide bonds. The van der Waals surface area contributed by atoms with Gasteiger partial charge in [0.25, 0.3) is 0 Å². The van der Waals surface area contributed by atoms with Gasteiger partial charge in [0.1, 0.15) is 5.75 Å². The minimum Gasteiger partial charge on any atom is -0.496 e. The quantitative estimate of drug-likeness (QED) is 0.687. The highest BCUT2D eigenvalue weighted by atomic mass is 16.5. The largest absolute Gasteiger partial charge is 0.496 e. The molecule has 0 saturated carbocycles. The van der Waals surface area contributed by atoms with E-state index in [1.54, 1.807) is 7.11 Å². The molecule has 2 N–H and O–H groups in total. The third kappa shape index (κ3) is 3.83. The van der Waals surface area contributed by atoms with E-state index in [1.165, 1.54) is 11.1 Å². The van der Waals surface area contributed by atoms with Gasteiger partial charge in [-0.2, -0.15) is 0 Å². The summed E-state index contributed by atoms with van der Waals surface area (Å²) in [7, 11) is 3.68. The number of aryl methyl sites for hydroxylation is 1. The number of methoxy groups -OCH3 is 1. The predicted octanol–water partition coefficient (Wildman–Crippen LogP) is 1.57. The summed E-state index contributed by atoms with van der Waals surface area (Å²) >= 11 is 0. The first-order chi connectivity index (χ1) is 7.81. The predicted molar refractivity (Wildman–Crippen MR) is 68.0 cm³/mol. The van der Waals surface area contributed by atoms with E-state index < -0.39 is 0 Å². The molecule has 0 radical (unpaired) electrons. The van der Waals surface area contributed by atoms with Crippen molar-refractivity contribution in [3.8, 4) is 5.75 Å². The van der Waals surface area contributed by atoms with Gasteiger partial charge in [-0.3, -0.25) is 0 Å². The third-order valence-electron chi connectivity index (χ3n) is 2.61. The summed E-state index contributed by atoms with van der Waals surface area (Å²) in [5, 5.41) is 6.50. The molecule has 0 heterocycles. The Morgan fingerprint density at radius 1 is 1.25 bits per heavy atom. The molecule has 1 rings (SSSR count). The van der Waals surface area contributed by atoms with Gasteiger partial charge >= 0.3 is 0 Å². The molecule has 0 atom stereocenters. The molecule has 1 aromatic carbocycles. The highest BCUT2D eigenvalue weighted by Gasteiger charge is 2.01. The Morgan fingerprint density at radius 2 is 2.06 bits per heavy atom. The van der Waals surface area contributed by atoms with Crippen LogP contribution in [0.1, 0.15) is 18.1 Å². The lowest BCUT2D eigenvalue weighted by Gasteiger charge is -2.10. The second kappa shape index (κ2) is 7.25. The van der Waals surface area contributed by atoms with E-state index in [-0.39, 0.29) is 0 Å². The molecule has 16 heavy (non-hydrogen) atoms. The van der Waals surface area contributed by atoms with E-state index >= 15 is 0 Å². The van der Waals surface area contributed by atoms with Crippen molar-refractivity contribution in [3.05, 3.63) is 29.3 Å². The summed E-state index contributed by atoms with van der Waals surface area (Å²) in [6.07, 6.45) is 1.01. The SMILES string of the molecule is CCc1cc(CNCCNC)ccc1OC. The summed E-state index contributed by atoms with van der Waals surface area (Å²) in [6.45, 7) is 5.05. The molecule has 90 valence electrons. The van der Waals surface area contributed by atoms with E-state index in [2.05, 4.69) is 29.7 Å². The number of rotatable bonds is 7. The lowest BCUT2D eigenvalue weighted by molar-refractivity contribution is 0.410. The zero-order chi connectivity index (χ0) is 11.8. The average Bonchev–Trinajstić information content (AvgIpc) is 2.34. The highest BCUT2D eigenvalue weighted by Crippen LogP contribution is 2.20. The second-order valence-corrected chi connectivity index (χ2v) is 3.78. The summed E-state index contributed by atoms with van der Waals surface area (Å²) in [5.41, 5.74) is 2.59. The number of ether oxygens (including phenoxy) is 1. The maximum Gasteiger partial charge on any atom is 0.122 e. The maximum atomic E-state index is 5.30. The molecule has 0 saturated heterocycles. The van der Waals surface area contributed by atoms with Gasteiger partial charge in [-0.25, -0.2) is 0 Å². The van der Waals surface area contributed by atoms with Gasteiger partial charge in [-0.15, -0.1) is 0 Å². The standard InChI is InChI=1S/C13H22N2O/c1-4-12-9-11(5-6-13(12)16-3)10-15-8-7-14-2/h5-6,9,14-15H,4,7-8,10H2,1-3H3. The number of hydrogen-bond donors (Lipinski definition) is 2. The number of benzene rings is 1. The highest BCUT2D eigenvalue weighted by molar-refractivity contribution is 5.37. The van der Waals surface area contributed by atoms with Gasteiger partial charge in [-0.1, -0.05) is 19.1 Å². The molecule has 0 unspecified atom stereocenters. The third-order valence-corrected chi connectivity index (χ3v) is 2.61. The second-order valence-electron chi connectivity index (χ2n) is 3.78. The molecule has 3 heteroatoms. The van der Waals surface area contributed by atoms with Crippen LogP contribution in [0.25, 0.3) is 0 Å². The molecule has 1 aromatic rings. The first-order valence-electron chi connectivity index (χ1n) is 5.83. The van der Waals surface area contributed by atoms with Gasteiger partial charge in [0.05, 0.1) is 7.11 Å². The van der Waals surface area contributed by atoms with Crippen LogP contribution in [0.5, 0.6) is 5.75 Å². The van der Waals surface area contributed by atoms with Crippen molar-refractivity contribution in [2.75, 3.05) is 27.2 Å².